The first kappa shape index (κ1) is 26.9. The molecule has 0 saturated heterocycles. The Morgan fingerprint density at radius 3 is 2.39 bits per heavy atom. The van der Waals surface area contributed by atoms with Gasteiger partial charge in [0.05, 0.1) is 5.56 Å². The standard InChI is InChI=1S/C36H38N2O3/c1-7-17-38(22-35(4,5)6)26-15-16-29-33(20-26)40-32-19-24(3)31(37-25-12-10-11-23(2)18-25)21-30(32)36(29)28-14-9-8-13-27(28)34(39)41-36/h8-16,18-21,37H,7,17,22H2,1-6H3. The molecule has 5 nitrogen and oxygen atoms in total. The molecule has 5 heteroatoms. The highest BCUT2D eigenvalue weighted by atomic mass is 16.6. The van der Waals surface area contributed by atoms with E-state index in [0.29, 0.717) is 17.1 Å². The van der Waals surface area contributed by atoms with E-state index in [0.717, 1.165) is 58.8 Å². The molecule has 210 valence electrons. The number of rotatable bonds is 6. The van der Waals surface area contributed by atoms with Gasteiger partial charge in [0.15, 0.2) is 5.60 Å². The molecule has 2 aliphatic rings. The number of nitrogens with zero attached hydrogens (tertiary/aromatic N) is 1. The first-order valence-corrected chi connectivity index (χ1v) is 14.5. The van der Waals surface area contributed by atoms with E-state index in [-0.39, 0.29) is 11.4 Å². The molecule has 6 rings (SSSR count). The predicted octanol–water partition coefficient (Wildman–Crippen LogP) is 8.88. The summed E-state index contributed by atoms with van der Waals surface area (Å²) in [5, 5.41) is 3.59. The maximum Gasteiger partial charge on any atom is 0.340 e. The van der Waals surface area contributed by atoms with Crippen molar-refractivity contribution in [3.05, 3.63) is 112 Å². The lowest BCUT2D eigenvalue weighted by Crippen LogP contribution is -2.35. The van der Waals surface area contributed by atoms with E-state index in [9.17, 15) is 4.79 Å². The number of aryl methyl sites for hydroxylation is 2. The van der Waals surface area contributed by atoms with Crippen LogP contribution in [0.4, 0.5) is 17.1 Å². The van der Waals surface area contributed by atoms with Crippen LogP contribution in [0.1, 0.15) is 72.3 Å². The van der Waals surface area contributed by atoms with Crippen LogP contribution in [0.15, 0.2) is 78.9 Å². The van der Waals surface area contributed by atoms with Crippen LogP contribution in [-0.4, -0.2) is 19.1 Å². The van der Waals surface area contributed by atoms with Gasteiger partial charge in [0.25, 0.3) is 0 Å². The molecule has 0 bridgehead atoms. The molecular weight excluding hydrogens is 508 g/mol. The summed E-state index contributed by atoms with van der Waals surface area (Å²) in [5.74, 6) is 1.09. The average molecular weight is 547 g/mol. The highest BCUT2D eigenvalue weighted by Gasteiger charge is 2.53. The zero-order chi connectivity index (χ0) is 28.9. The SMILES string of the molecule is CCCN(CC(C)(C)C)c1ccc2c(c1)Oc1cc(C)c(Nc3cccc(C)c3)cc1C21OC(=O)c2ccccc21. The second kappa shape index (κ2) is 9.99. The monoisotopic (exact) mass is 546 g/mol. The van der Waals surface area contributed by atoms with Crippen LogP contribution in [0.3, 0.4) is 0 Å². The fourth-order valence-electron chi connectivity index (χ4n) is 6.16. The number of benzene rings is 4. The molecule has 4 aromatic carbocycles. The van der Waals surface area contributed by atoms with Crippen molar-refractivity contribution < 1.29 is 14.3 Å². The largest absolute Gasteiger partial charge is 0.456 e. The smallest absolute Gasteiger partial charge is 0.340 e. The van der Waals surface area contributed by atoms with Gasteiger partial charge in [-0.15, -0.1) is 0 Å². The first-order valence-electron chi connectivity index (χ1n) is 14.5. The van der Waals surface area contributed by atoms with E-state index in [1.165, 1.54) is 5.56 Å². The van der Waals surface area contributed by atoms with Crippen LogP contribution in [0.25, 0.3) is 0 Å². The minimum Gasteiger partial charge on any atom is -0.456 e. The van der Waals surface area contributed by atoms with Crippen LogP contribution in [0, 0.1) is 19.3 Å². The molecule has 0 aliphatic carbocycles. The number of ether oxygens (including phenoxy) is 2. The lowest BCUT2D eigenvalue weighted by molar-refractivity contribution is 0.0224. The van der Waals surface area contributed by atoms with Crippen LogP contribution in [0.2, 0.25) is 0 Å². The molecule has 0 saturated carbocycles. The molecule has 41 heavy (non-hydrogen) atoms. The lowest BCUT2D eigenvalue weighted by atomic mass is 9.77. The quantitative estimate of drug-likeness (QED) is 0.245. The van der Waals surface area contributed by atoms with Gasteiger partial charge in [-0.05, 0) is 79.3 Å². The third kappa shape index (κ3) is 4.73. The summed E-state index contributed by atoms with van der Waals surface area (Å²) in [6.07, 6.45) is 1.04. The number of esters is 1. The Labute approximate surface area is 243 Å². The molecule has 1 spiro atoms. The van der Waals surface area contributed by atoms with Gasteiger partial charge in [0.2, 0.25) is 0 Å². The van der Waals surface area contributed by atoms with Crippen molar-refractivity contribution in [3.8, 4) is 11.5 Å². The fourth-order valence-corrected chi connectivity index (χ4v) is 6.16. The minimum atomic E-state index is -1.11. The molecule has 1 unspecified atom stereocenters. The minimum absolute atomic E-state index is 0.136. The Kier molecular flexibility index (Phi) is 6.56. The fraction of sp³-hybridized carbons (Fsp3) is 0.306. The summed E-state index contributed by atoms with van der Waals surface area (Å²) in [5.41, 5.74) is 7.38. The maximum absolute atomic E-state index is 13.4. The average Bonchev–Trinajstić information content (AvgIpc) is 3.21. The number of hydrogen-bond donors (Lipinski definition) is 1. The Hall–Kier alpha value is -4.25. The lowest BCUT2D eigenvalue weighted by Gasteiger charge is -2.38. The Morgan fingerprint density at radius 2 is 1.63 bits per heavy atom. The van der Waals surface area contributed by atoms with Crippen molar-refractivity contribution in [2.75, 3.05) is 23.3 Å². The zero-order valence-electron chi connectivity index (χ0n) is 24.8. The van der Waals surface area contributed by atoms with E-state index in [2.05, 4.69) is 100 Å². The number of carbonyl (C=O) groups is 1. The summed E-state index contributed by atoms with van der Waals surface area (Å²) in [6.45, 7) is 15.0. The van der Waals surface area contributed by atoms with Gasteiger partial charge in [-0.25, -0.2) is 4.79 Å². The van der Waals surface area contributed by atoms with E-state index < -0.39 is 5.60 Å². The Balaban J connectivity index is 1.53. The van der Waals surface area contributed by atoms with E-state index in [1.807, 2.05) is 30.3 Å². The molecule has 1 atom stereocenters. The molecule has 4 aromatic rings. The number of nitrogens with one attached hydrogen (secondary N) is 1. The predicted molar refractivity (Wildman–Crippen MR) is 166 cm³/mol. The maximum atomic E-state index is 13.4. The third-order valence-corrected chi connectivity index (χ3v) is 7.86. The molecule has 2 aliphatic heterocycles. The van der Waals surface area contributed by atoms with E-state index in [1.54, 1.807) is 0 Å². The molecule has 1 N–H and O–H groups in total. The highest BCUT2D eigenvalue weighted by molar-refractivity contribution is 5.97. The summed E-state index contributed by atoms with van der Waals surface area (Å²) < 4.78 is 13.1. The summed E-state index contributed by atoms with van der Waals surface area (Å²) in [7, 11) is 0. The first-order chi connectivity index (χ1) is 19.6. The number of anilines is 3. The van der Waals surface area contributed by atoms with Crippen LogP contribution >= 0.6 is 0 Å². The van der Waals surface area contributed by atoms with Gasteiger partial charge in [-0.3, -0.25) is 0 Å². The number of hydrogen-bond acceptors (Lipinski definition) is 5. The number of fused-ring (bicyclic) bond motifs is 6. The van der Waals surface area contributed by atoms with Crippen molar-refractivity contribution in [1.82, 2.24) is 0 Å². The normalized spacial score (nSPS) is 16.9. The van der Waals surface area contributed by atoms with Crippen molar-refractivity contribution in [1.29, 1.82) is 0 Å². The van der Waals surface area contributed by atoms with E-state index >= 15 is 0 Å². The zero-order valence-corrected chi connectivity index (χ0v) is 24.8. The number of carbonyl (C=O) groups excluding carboxylic acids is 1. The van der Waals surface area contributed by atoms with Crippen molar-refractivity contribution >= 4 is 23.0 Å². The van der Waals surface area contributed by atoms with Gasteiger partial charge in [-0.1, -0.05) is 58.0 Å². The van der Waals surface area contributed by atoms with Crippen LogP contribution in [-0.2, 0) is 10.3 Å². The molecular formula is C36H38N2O3. The van der Waals surface area contributed by atoms with Crippen LogP contribution in [0.5, 0.6) is 11.5 Å². The molecule has 0 radical (unpaired) electrons. The molecule has 0 aromatic heterocycles. The van der Waals surface area contributed by atoms with Crippen LogP contribution < -0.4 is 15.0 Å². The second-order valence-electron chi connectivity index (χ2n) is 12.5. The van der Waals surface area contributed by atoms with Crippen molar-refractivity contribution in [2.45, 2.75) is 53.6 Å². The molecule has 2 heterocycles. The summed E-state index contributed by atoms with van der Waals surface area (Å²) in [4.78, 5) is 15.8. The van der Waals surface area contributed by atoms with Gasteiger partial charge >= 0.3 is 5.97 Å². The highest BCUT2D eigenvalue weighted by Crippen LogP contribution is 2.57. The van der Waals surface area contributed by atoms with Gasteiger partial charge in [-0.2, -0.15) is 0 Å². The van der Waals surface area contributed by atoms with E-state index in [4.69, 9.17) is 9.47 Å². The van der Waals surface area contributed by atoms with Crippen molar-refractivity contribution in [3.63, 3.8) is 0 Å². The topological polar surface area (TPSA) is 50.8 Å². The van der Waals surface area contributed by atoms with Gasteiger partial charge in [0.1, 0.15) is 11.5 Å². The molecule has 0 amide bonds. The summed E-state index contributed by atoms with van der Waals surface area (Å²) >= 11 is 0. The third-order valence-electron chi connectivity index (χ3n) is 7.86. The van der Waals surface area contributed by atoms with Gasteiger partial charge in [0, 0.05) is 52.9 Å². The summed E-state index contributed by atoms with van der Waals surface area (Å²) in [6, 6.07) is 26.5. The Bertz CT molecular complexity index is 1650. The Morgan fingerprint density at radius 1 is 0.854 bits per heavy atom. The second-order valence-corrected chi connectivity index (χ2v) is 12.5. The van der Waals surface area contributed by atoms with Crippen molar-refractivity contribution in [2.24, 2.45) is 5.41 Å². The molecule has 0 fully saturated rings. The van der Waals surface area contributed by atoms with Gasteiger partial charge < -0.3 is 19.7 Å².